The number of hydrogen-bond acceptors (Lipinski definition) is 5. The van der Waals surface area contributed by atoms with Gasteiger partial charge in [-0.2, -0.15) is 0 Å². The van der Waals surface area contributed by atoms with E-state index in [1.807, 2.05) is 0 Å². The molecule has 2 rings (SSSR count). The highest BCUT2D eigenvalue weighted by molar-refractivity contribution is 6.29. The van der Waals surface area contributed by atoms with Crippen LogP contribution in [0.25, 0.3) is 0 Å². The lowest BCUT2D eigenvalue weighted by molar-refractivity contribution is 0.170. The maximum atomic E-state index is 5.59. The van der Waals surface area contributed by atoms with Crippen molar-refractivity contribution in [1.82, 2.24) is 21.0 Å². The molecule has 1 saturated heterocycles. The molecule has 2 unspecified atom stereocenters. The van der Waals surface area contributed by atoms with E-state index < -0.39 is 0 Å². The summed E-state index contributed by atoms with van der Waals surface area (Å²) >= 11 is 5.59. The molecule has 6 heteroatoms. The highest BCUT2D eigenvalue weighted by atomic mass is 35.5. The molecule has 0 bridgehead atoms. The molecule has 1 aliphatic rings. The monoisotopic (exact) mass is 214 g/mol. The molecule has 0 aliphatic carbocycles. The van der Waals surface area contributed by atoms with Crippen molar-refractivity contribution in [2.45, 2.75) is 25.6 Å². The summed E-state index contributed by atoms with van der Waals surface area (Å²) < 4.78 is 5.49. The van der Waals surface area contributed by atoms with Gasteiger partial charge in [-0.25, -0.2) is 5.43 Å². The Bertz CT molecular complexity index is 305. The first-order chi connectivity index (χ1) is 6.74. The van der Waals surface area contributed by atoms with Crippen molar-refractivity contribution in [1.29, 1.82) is 0 Å². The molecule has 1 aromatic rings. The maximum absolute atomic E-state index is 5.59. The lowest BCUT2D eigenvalue weighted by Crippen LogP contribution is -2.35. The van der Waals surface area contributed by atoms with Crippen molar-refractivity contribution in [2.75, 3.05) is 0 Å². The first-order valence-corrected chi connectivity index (χ1v) is 4.79. The molecule has 0 radical (unpaired) electrons. The first kappa shape index (κ1) is 9.64. The summed E-state index contributed by atoms with van der Waals surface area (Å²) in [5.41, 5.74) is 6.05. The number of ether oxygens (including phenoxy) is 1. The quantitative estimate of drug-likeness (QED) is 0.760. The second-order valence-corrected chi connectivity index (χ2v) is 3.61. The summed E-state index contributed by atoms with van der Waals surface area (Å²) in [6.45, 7) is 2.07. The number of aromatic nitrogens is 2. The van der Waals surface area contributed by atoms with Crippen LogP contribution >= 0.6 is 11.6 Å². The minimum Gasteiger partial charge on any atom is -0.456 e. The number of nitrogens with one attached hydrogen (secondary N) is 2. The van der Waals surface area contributed by atoms with E-state index in [1.54, 1.807) is 12.1 Å². The number of hydrazine groups is 1. The summed E-state index contributed by atoms with van der Waals surface area (Å²) in [4.78, 5) is 0. The zero-order valence-electron chi connectivity index (χ0n) is 7.70. The van der Waals surface area contributed by atoms with Gasteiger partial charge < -0.3 is 4.74 Å². The number of nitrogens with zero attached hydrogens (tertiary/aromatic N) is 2. The predicted octanol–water partition coefficient (Wildman–Crippen LogP) is 0.721. The fraction of sp³-hybridized carbons (Fsp3) is 0.500. The van der Waals surface area contributed by atoms with E-state index in [2.05, 4.69) is 28.0 Å². The van der Waals surface area contributed by atoms with E-state index in [9.17, 15) is 0 Å². The largest absolute Gasteiger partial charge is 0.456 e. The molecule has 0 aromatic carbocycles. The van der Waals surface area contributed by atoms with Crippen LogP contribution in [-0.4, -0.2) is 22.5 Å². The molecule has 14 heavy (non-hydrogen) atoms. The topological polar surface area (TPSA) is 59.1 Å². The second-order valence-electron chi connectivity index (χ2n) is 3.23. The normalized spacial score (nSPS) is 26.4. The zero-order chi connectivity index (χ0) is 9.97. The van der Waals surface area contributed by atoms with E-state index in [0.717, 1.165) is 6.42 Å². The van der Waals surface area contributed by atoms with Gasteiger partial charge in [0.05, 0.1) is 0 Å². The minimum absolute atomic E-state index is 0.0551. The van der Waals surface area contributed by atoms with Crippen LogP contribution in [0.5, 0.6) is 5.88 Å². The molecular formula is C8H11ClN4O. The van der Waals surface area contributed by atoms with Gasteiger partial charge in [0.15, 0.2) is 11.4 Å². The van der Waals surface area contributed by atoms with Gasteiger partial charge in [0, 0.05) is 18.5 Å². The predicted molar refractivity (Wildman–Crippen MR) is 51.8 cm³/mol. The van der Waals surface area contributed by atoms with Crippen LogP contribution in [0, 0.1) is 0 Å². The third-order valence-electron chi connectivity index (χ3n) is 1.93. The molecule has 76 valence electrons. The summed E-state index contributed by atoms with van der Waals surface area (Å²) in [5, 5.41) is 7.84. The molecule has 1 aliphatic heterocycles. The van der Waals surface area contributed by atoms with Crippen molar-refractivity contribution in [2.24, 2.45) is 0 Å². The van der Waals surface area contributed by atoms with Gasteiger partial charge in [-0.05, 0) is 13.0 Å². The van der Waals surface area contributed by atoms with Crippen molar-refractivity contribution in [3.05, 3.63) is 17.3 Å². The first-order valence-electron chi connectivity index (χ1n) is 4.41. The number of hydrogen-bond donors (Lipinski definition) is 2. The molecular weight excluding hydrogens is 204 g/mol. The number of halogens is 1. The Balaban J connectivity index is 1.94. The molecule has 5 nitrogen and oxygen atoms in total. The van der Waals surface area contributed by atoms with Gasteiger partial charge >= 0.3 is 0 Å². The van der Waals surface area contributed by atoms with E-state index >= 15 is 0 Å². The van der Waals surface area contributed by atoms with Gasteiger partial charge in [-0.3, -0.25) is 5.43 Å². The molecule has 1 fully saturated rings. The zero-order valence-corrected chi connectivity index (χ0v) is 8.45. The van der Waals surface area contributed by atoms with E-state index in [1.165, 1.54) is 0 Å². The van der Waals surface area contributed by atoms with Gasteiger partial charge in [0.2, 0.25) is 5.88 Å². The Labute approximate surface area is 86.8 Å². The van der Waals surface area contributed by atoms with E-state index in [4.69, 9.17) is 16.3 Å². The van der Waals surface area contributed by atoms with Gasteiger partial charge in [0.1, 0.15) is 0 Å². The third-order valence-corrected chi connectivity index (χ3v) is 2.13. The Morgan fingerprint density at radius 2 is 2.29 bits per heavy atom. The Morgan fingerprint density at radius 3 is 2.86 bits per heavy atom. The van der Waals surface area contributed by atoms with E-state index in [0.29, 0.717) is 17.1 Å². The fourth-order valence-electron chi connectivity index (χ4n) is 1.26. The average molecular weight is 215 g/mol. The summed E-state index contributed by atoms with van der Waals surface area (Å²) in [6, 6.07) is 3.75. The van der Waals surface area contributed by atoms with Gasteiger partial charge in [0.25, 0.3) is 0 Å². The Hall–Kier alpha value is -0.910. The van der Waals surface area contributed by atoms with Crippen LogP contribution in [-0.2, 0) is 0 Å². The highest BCUT2D eigenvalue weighted by Crippen LogP contribution is 2.12. The molecule has 0 amide bonds. The lowest BCUT2D eigenvalue weighted by atomic mass is 10.2. The molecule has 2 atom stereocenters. The van der Waals surface area contributed by atoms with Crippen LogP contribution in [0.3, 0.4) is 0 Å². The van der Waals surface area contributed by atoms with Crippen LogP contribution in [0.4, 0.5) is 0 Å². The maximum Gasteiger partial charge on any atom is 0.235 e. The van der Waals surface area contributed by atoms with E-state index in [-0.39, 0.29) is 6.23 Å². The van der Waals surface area contributed by atoms with Gasteiger partial charge in [-0.1, -0.05) is 11.6 Å². The van der Waals surface area contributed by atoms with Crippen LogP contribution in [0.1, 0.15) is 13.3 Å². The van der Waals surface area contributed by atoms with Crippen molar-refractivity contribution in [3.63, 3.8) is 0 Å². The molecule has 1 aromatic heterocycles. The molecule has 2 N–H and O–H groups in total. The fourth-order valence-corrected chi connectivity index (χ4v) is 1.36. The van der Waals surface area contributed by atoms with Crippen molar-refractivity contribution in [3.8, 4) is 5.88 Å². The van der Waals surface area contributed by atoms with Crippen LogP contribution < -0.4 is 15.6 Å². The number of rotatable bonds is 2. The smallest absolute Gasteiger partial charge is 0.235 e. The summed E-state index contributed by atoms with van der Waals surface area (Å²) in [7, 11) is 0. The summed E-state index contributed by atoms with van der Waals surface area (Å²) in [5.74, 6) is 0.475. The van der Waals surface area contributed by atoms with Crippen molar-refractivity contribution >= 4 is 11.6 Å². The Morgan fingerprint density at radius 1 is 1.43 bits per heavy atom. The SMILES string of the molecule is CC1CC(Oc2ccc(Cl)nn2)NN1. The molecule has 2 heterocycles. The lowest BCUT2D eigenvalue weighted by Gasteiger charge is -2.10. The standard InChI is InChI=1S/C8H11ClN4O/c1-5-4-8(13-10-5)14-7-3-2-6(9)11-12-7/h2-3,5,8,10,13H,4H2,1H3. The molecule has 0 spiro atoms. The second kappa shape index (κ2) is 4.08. The summed E-state index contributed by atoms with van der Waals surface area (Å²) in [6.07, 6.45) is 0.838. The highest BCUT2D eigenvalue weighted by Gasteiger charge is 2.21. The van der Waals surface area contributed by atoms with Crippen molar-refractivity contribution < 1.29 is 4.74 Å². The van der Waals surface area contributed by atoms with Crippen LogP contribution in [0.2, 0.25) is 5.15 Å². The van der Waals surface area contributed by atoms with Crippen LogP contribution in [0.15, 0.2) is 12.1 Å². The molecule has 0 saturated carbocycles. The average Bonchev–Trinajstić information content (AvgIpc) is 2.56. The van der Waals surface area contributed by atoms with Gasteiger partial charge in [-0.15, -0.1) is 10.2 Å². The minimum atomic E-state index is -0.0551. The third kappa shape index (κ3) is 2.31. The Kier molecular flexibility index (Phi) is 2.81.